The average molecular weight is 314 g/mol. The number of nitrogens with one attached hydrogen (secondary N) is 2. The minimum atomic E-state index is -0.394. The summed E-state index contributed by atoms with van der Waals surface area (Å²) < 4.78 is 5.08. The molecule has 2 aromatic carbocycles. The van der Waals surface area contributed by atoms with Gasteiger partial charge in [0.05, 0.1) is 22.7 Å². The molecule has 7 heteroatoms. The number of hydrogen-bond acceptors (Lipinski definition) is 5. The maximum Gasteiger partial charge on any atom is 0.250 e. The summed E-state index contributed by atoms with van der Waals surface area (Å²) in [6.45, 7) is -0.516. The SMILES string of the molecule is Nc1ccccc1NC(=O)COCC(=O)Nc1ccccc1N. The van der Waals surface area contributed by atoms with E-state index in [9.17, 15) is 9.59 Å². The van der Waals surface area contributed by atoms with Gasteiger partial charge in [-0.05, 0) is 24.3 Å². The standard InChI is InChI=1S/C16H18N4O3/c17-11-5-1-3-7-13(11)19-15(21)9-23-10-16(22)20-14-8-4-2-6-12(14)18/h1-8H,9-10,17-18H2,(H,19,21)(H,20,22). The van der Waals surface area contributed by atoms with Crippen molar-refractivity contribution < 1.29 is 14.3 Å². The lowest BCUT2D eigenvalue weighted by molar-refractivity contribution is -0.125. The van der Waals surface area contributed by atoms with Gasteiger partial charge in [-0.15, -0.1) is 0 Å². The van der Waals surface area contributed by atoms with Gasteiger partial charge >= 0.3 is 0 Å². The van der Waals surface area contributed by atoms with Crippen molar-refractivity contribution in [3.05, 3.63) is 48.5 Å². The van der Waals surface area contributed by atoms with E-state index in [1.165, 1.54) is 0 Å². The third-order valence-corrected chi connectivity index (χ3v) is 2.94. The minimum absolute atomic E-state index is 0.258. The maximum absolute atomic E-state index is 11.7. The van der Waals surface area contributed by atoms with E-state index >= 15 is 0 Å². The number of para-hydroxylation sites is 4. The van der Waals surface area contributed by atoms with Crippen LogP contribution in [0.25, 0.3) is 0 Å². The van der Waals surface area contributed by atoms with Crippen LogP contribution in [-0.4, -0.2) is 25.0 Å². The molecule has 2 rings (SSSR count). The molecule has 0 bridgehead atoms. The summed E-state index contributed by atoms with van der Waals surface area (Å²) in [6.07, 6.45) is 0. The van der Waals surface area contributed by atoms with Crippen LogP contribution in [0.15, 0.2) is 48.5 Å². The highest BCUT2D eigenvalue weighted by Crippen LogP contribution is 2.17. The highest BCUT2D eigenvalue weighted by atomic mass is 16.5. The number of nitrogens with two attached hydrogens (primary N) is 2. The van der Waals surface area contributed by atoms with Gasteiger partial charge < -0.3 is 26.8 Å². The van der Waals surface area contributed by atoms with E-state index in [1.807, 2.05) is 0 Å². The first kappa shape index (κ1) is 16.3. The summed E-state index contributed by atoms with van der Waals surface area (Å²) >= 11 is 0. The van der Waals surface area contributed by atoms with Crippen molar-refractivity contribution >= 4 is 34.6 Å². The van der Waals surface area contributed by atoms with Gasteiger partial charge in [-0.3, -0.25) is 9.59 Å². The Balaban J connectivity index is 1.74. The van der Waals surface area contributed by atoms with Gasteiger partial charge in [0.25, 0.3) is 0 Å². The fourth-order valence-electron chi connectivity index (χ4n) is 1.83. The first-order valence-corrected chi connectivity index (χ1v) is 6.92. The predicted molar refractivity (Wildman–Crippen MR) is 89.8 cm³/mol. The smallest absolute Gasteiger partial charge is 0.250 e. The summed E-state index contributed by atoms with van der Waals surface area (Å²) in [5.74, 6) is -0.787. The molecule has 0 aliphatic heterocycles. The van der Waals surface area contributed by atoms with Crippen molar-refractivity contribution in [1.82, 2.24) is 0 Å². The van der Waals surface area contributed by atoms with Crippen LogP contribution in [0.3, 0.4) is 0 Å². The Morgan fingerprint density at radius 3 is 1.57 bits per heavy atom. The summed E-state index contributed by atoms with van der Waals surface area (Å²) in [5.41, 5.74) is 13.3. The zero-order valence-electron chi connectivity index (χ0n) is 12.4. The molecule has 2 amide bonds. The number of amides is 2. The van der Waals surface area contributed by atoms with Gasteiger partial charge in [-0.25, -0.2) is 0 Å². The monoisotopic (exact) mass is 314 g/mol. The van der Waals surface area contributed by atoms with E-state index in [0.717, 1.165) is 0 Å². The molecule has 0 aliphatic rings. The Kier molecular flexibility index (Phi) is 5.54. The normalized spacial score (nSPS) is 10.1. The highest BCUT2D eigenvalue weighted by Gasteiger charge is 2.08. The number of benzene rings is 2. The Morgan fingerprint density at radius 1 is 0.783 bits per heavy atom. The number of hydrogen-bond donors (Lipinski definition) is 4. The first-order chi connectivity index (χ1) is 11.1. The van der Waals surface area contributed by atoms with Crippen LogP contribution in [0.4, 0.5) is 22.7 Å². The number of nitrogen functional groups attached to an aromatic ring is 2. The lowest BCUT2D eigenvalue weighted by Crippen LogP contribution is -2.24. The molecule has 23 heavy (non-hydrogen) atoms. The minimum Gasteiger partial charge on any atom is -0.397 e. The third kappa shape index (κ3) is 5.01. The fraction of sp³-hybridized carbons (Fsp3) is 0.125. The van der Waals surface area contributed by atoms with Gasteiger partial charge in [0.2, 0.25) is 11.8 Å². The molecule has 120 valence electrons. The summed E-state index contributed by atoms with van der Waals surface area (Å²) in [6, 6.07) is 13.7. The third-order valence-electron chi connectivity index (χ3n) is 2.94. The molecule has 0 aromatic heterocycles. The van der Waals surface area contributed by atoms with E-state index in [0.29, 0.717) is 22.7 Å². The molecule has 0 spiro atoms. The van der Waals surface area contributed by atoms with E-state index in [2.05, 4.69) is 10.6 Å². The van der Waals surface area contributed by atoms with Crippen LogP contribution < -0.4 is 22.1 Å². The zero-order valence-corrected chi connectivity index (χ0v) is 12.4. The van der Waals surface area contributed by atoms with Crippen molar-refractivity contribution in [2.24, 2.45) is 0 Å². The molecule has 0 radical (unpaired) electrons. The quantitative estimate of drug-likeness (QED) is 0.602. The molecular weight excluding hydrogens is 296 g/mol. The largest absolute Gasteiger partial charge is 0.397 e. The number of ether oxygens (including phenoxy) is 1. The molecule has 0 aliphatic carbocycles. The van der Waals surface area contributed by atoms with Gasteiger partial charge in [0, 0.05) is 0 Å². The molecule has 7 nitrogen and oxygen atoms in total. The average Bonchev–Trinajstić information content (AvgIpc) is 2.52. The molecule has 0 saturated carbocycles. The lowest BCUT2D eigenvalue weighted by atomic mass is 10.2. The number of carbonyl (C=O) groups excluding carboxylic acids is 2. The van der Waals surface area contributed by atoms with Crippen LogP contribution in [0, 0.1) is 0 Å². The van der Waals surface area contributed by atoms with Crippen LogP contribution >= 0.6 is 0 Å². The van der Waals surface area contributed by atoms with Crippen molar-refractivity contribution in [3.63, 3.8) is 0 Å². The molecule has 6 N–H and O–H groups in total. The second-order valence-electron chi connectivity index (χ2n) is 4.76. The molecule has 0 fully saturated rings. The van der Waals surface area contributed by atoms with Crippen LogP contribution in [-0.2, 0) is 14.3 Å². The Bertz CT molecular complexity index is 644. The number of anilines is 4. The molecule has 0 heterocycles. The summed E-state index contributed by atoms with van der Waals surface area (Å²) in [4.78, 5) is 23.4. The van der Waals surface area contributed by atoms with Gasteiger partial charge in [0.1, 0.15) is 13.2 Å². The Labute approximate surface area is 133 Å². The van der Waals surface area contributed by atoms with Crippen molar-refractivity contribution in [1.29, 1.82) is 0 Å². The topological polar surface area (TPSA) is 119 Å². The van der Waals surface area contributed by atoms with Crippen LogP contribution in [0.1, 0.15) is 0 Å². The maximum atomic E-state index is 11.7. The van der Waals surface area contributed by atoms with E-state index < -0.39 is 11.8 Å². The van der Waals surface area contributed by atoms with Crippen molar-refractivity contribution in [2.45, 2.75) is 0 Å². The van der Waals surface area contributed by atoms with Gasteiger partial charge in [-0.1, -0.05) is 24.3 Å². The lowest BCUT2D eigenvalue weighted by Gasteiger charge is -2.09. The number of carbonyl (C=O) groups is 2. The van der Waals surface area contributed by atoms with E-state index in [4.69, 9.17) is 16.2 Å². The summed E-state index contributed by atoms with van der Waals surface area (Å²) in [7, 11) is 0. The second-order valence-corrected chi connectivity index (χ2v) is 4.76. The van der Waals surface area contributed by atoms with Crippen molar-refractivity contribution in [2.75, 3.05) is 35.3 Å². The van der Waals surface area contributed by atoms with Gasteiger partial charge in [0.15, 0.2) is 0 Å². The summed E-state index contributed by atoms with van der Waals surface area (Å²) in [5, 5.41) is 5.20. The van der Waals surface area contributed by atoms with Crippen LogP contribution in [0.2, 0.25) is 0 Å². The molecule has 0 unspecified atom stereocenters. The molecule has 2 aromatic rings. The predicted octanol–water partition coefficient (Wildman–Crippen LogP) is 1.44. The van der Waals surface area contributed by atoms with E-state index in [-0.39, 0.29) is 13.2 Å². The fourth-order valence-corrected chi connectivity index (χ4v) is 1.83. The Morgan fingerprint density at radius 2 is 1.17 bits per heavy atom. The van der Waals surface area contributed by atoms with E-state index in [1.54, 1.807) is 48.5 Å². The highest BCUT2D eigenvalue weighted by molar-refractivity contribution is 5.96. The van der Waals surface area contributed by atoms with Crippen molar-refractivity contribution in [3.8, 4) is 0 Å². The second kappa shape index (κ2) is 7.81. The molecule has 0 saturated heterocycles. The Hall–Kier alpha value is -3.06. The van der Waals surface area contributed by atoms with Crippen LogP contribution in [0.5, 0.6) is 0 Å². The zero-order chi connectivity index (χ0) is 16.7. The molecule has 0 atom stereocenters. The van der Waals surface area contributed by atoms with Gasteiger partial charge in [-0.2, -0.15) is 0 Å². The molecular formula is C16H18N4O3. The number of rotatable bonds is 6. The first-order valence-electron chi connectivity index (χ1n) is 6.92.